The number of amides is 1. The monoisotopic (exact) mass is 762 g/mol. The molecule has 55 heavy (non-hydrogen) atoms. The maximum Gasteiger partial charge on any atom is 0.244 e. The van der Waals surface area contributed by atoms with Crippen molar-refractivity contribution in [1.82, 2.24) is 9.62 Å². The largest absolute Gasteiger partial charge is 0.493 e. The minimum absolute atomic E-state index is 0.0184. The number of hydrogen-bond donors (Lipinski definition) is 1. The first-order valence-corrected chi connectivity index (χ1v) is 20.1. The maximum absolute atomic E-state index is 15.2. The summed E-state index contributed by atoms with van der Waals surface area (Å²) >= 11 is 0. The molecule has 0 fully saturated rings. The van der Waals surface area contributed by atoms with Gasteiger partial charge in [0.1, 0.15) is 6.04 Å². The zero-order valence-corrected chi connectivity index (χ0v) is 32.8. The molecule has 9 nitrogen and oxygen atoms in total. The highest BCUT2D eigenvalue weighted by molar-refractivity contribution is 7.89. The van der Waals surface area contributed by atoms with E-state index in [1.54, 1.807) is 20.3 Å². The highest BCUT2D eigenvalue weighted by Gasteiger charge is 2.47. The summed E-state index contributed by atoms with van der Waals surface area (Å²) in [5.74, 6) is 1.27. The molecular weight excluding hydrogens is 713 g/mol. The summed E-state index contributed by atoms with van der Waals surface area (Å²) in [5, 5.41) is 3.36. The molecule has 0 saturated carbocycles. The van der Waals surface area contributed by atoms with Crippen LogP contribution in [0.4, 0.5) is 0 Å². The summed E-state index contributed by atoms with van der Waals surface area (Å²) in [5.41, 5.74) is 4.69. The third kappa shape index (κ3) is 9.15. The van der Waals surface area contributed by atoms with Crippen LogP contribution in [0.3, 0.4) is 0 Å². The first-order chi connectivity index (χ1) is 26.8. The van der Waals surface area contributed by atoms with Crippen molar-refractivity contribution in [3.8, 4) is 23.0 Å². The molecule has 0 spiro atoms. The molecule has 5 aromatic rings. The average molecular weight is 763 g/mol. The Labute approximate surface area is 325 Å². The topological polar surface area (TPSA) is 103 Å². The minimum Gasteiger partial charge on any atom is -0.493 e. The Kier molecular flexibility index (Phi) is 13.1. The fraction of sp³-hybridized carbons (Fsp3) is 0.311. The Bertz CT molecular complexity index is 2080. The lowest BCUT2D eigenvalue weighted by Gasteiger charge is -2.42. The van der Waals surface area contributed by atoms with Gasteiger partial charge in [-0.15, -0.1) is 0 Å². The van der Waals surface area contributed by atoms with Crippen molar-refractivity contribution < 1.29 is 32.2 Å². The minimum atomic E-state index is -4.37. The van der Waals surface area contributed by atoms with Gasteiger partial charge < -0.3 is 24.3 Å². The van der Waals surface area contributed by atoms with E-state index in [1.165, 1.54) is 41.8 Å². The van der Waals surface area contributed by atoms with Crippen molar-refractivity contribution in [3.63, 3.8) is 0 Å². The molecule has 2 atom stereocenters. The normalized spacial score (nSPS) is 15.6. The number of carbonyl (C=O) groups is 1. The van der Waals surface area contributed by atoms with Gasteiger partial charge in [-0.05, 0) is 97.0 Å². The summed E-state index contributed by atoms with van der Waals surface area (Å²) in [6.45, 7) is 0. The quantitative estimate of drug-likeness (QED) is 0.103. The first kappa shape index (κ1) is 39.4. The second-order valence-corrected chi connectivity index (χ2v) is 15.6. The molecule has 1 aliphatic heterocycles. The van der Waals surface area contributed by atoms with Crippen molar-refractivity contribution in [1.29, 1.82) is 0 Å². The van der Waals surface area contributed by atoms with E-state index in [9.17, 15) is 4.79 Å². The third-order valence-electron chi connectivity index (χ3n) is 10.3. The smallest absolute Gasteiger partial charge is 0.244 e. The number of nitrogens with one attached hydrogen (secondary N) is 1. The fourth-order valence-corrected chi connectivity index (χ4v) is 9.30. The number of sulfonamides is 1. The van der Waals surface area contributed by atoms with E-state index in [1.807, 2.05) is 78.9 Å². The van der Waals surface area contributed by atoms with E-state index in [0.717, 1.165) is 44.1 Å². The number of benzene rings is 5. The van der Waals surface area contributed by atoms with Crippen molar-refractivity contribution in [2.24, 2.45) is 0 Å². The van der Waals surface area contributed by atoms with E-state index in [0.29, 0.717) is 28.4 Å². The van der Waals surface area contributed by atoms with Crippen molar-refractivity contribution in [3.05, 3.63) is 149 Å². The number of hydrogen-bond acceptors (Lipinski definition) is 7. The molecule has 6 rings (SSSR count). The second kappa shape index (κ2) is 18.3. The Hall–Kier alpha value is -5.32. The summed E-state index contributed by atoms with van der Waals surface area (Å²) in [4.78, 5) is 14.9. The summed E-state index contributed by atoms with van der Waals surface area (Å²) < 4.78 is 54.1. The van der Waals surface area contributed by atoms with Crippen LogP contribution in [0.25, 0.3) is 0 Å². The van der Waals surface area contributed by atoms with Crippen LogP contribution in [-0.2, 0) is 34.1 Å². The summed E-state index contributed by atoms with van der Waals surface area (Å²) in [6.07, 6.45) is 5.09. The Morgan fingerprint density at radius 1 is 0.673 bits per heavy atom. The Morgan fingerprint density at radius 2 is 1.18 bits per heavy atom. The molecule has 288 valence electrons. The summed E-state index contributed by atoms with van der Waals surface area (Å²) in [7, 11) is 1.71. The van der Waals surface area contributed by atoms with Crippen LogP contribution in [0.15, 0.2) is 126 Å². The predicted octanol–water partition coefficient (Wildman–Crippen LogP) is 7.96. The van der Waals surface area contributed by atoms with Crippen molar-refractivity contribution >= 4 is 15.9 Å². The van der Waals surface area contributed by atoms with Gasteiger partial charge in [0, 0.05) is 12.1 Å². The lowest BCUT2D eigenvalue weighted by Crippen LogP contribution is -2.56. The number of carbonyl (C=O) groups excluding carboxylic acids is 1. The standard InChI is InChI=1S/C45H50N2O7S/c1-51-40-27-26-37(30-42(40)53-3)55(49,50)47-39(28-35-29-41(52-2)43(54-4)31-38(35)44(47)34-22-12-7-13-23-34)45(48)46-36(24-14-20-32-16-8-5-9-17-32)25-15-21-33-18-10-6-11-19-33/h5-13,16-19,22-23,26-27,29-31,36,39,44H,14-15,20-21,24-25,28H2,1-4H3,(H,46,48)/t39-,44?/m0/s1. The predicted molar refractivity (Wildman–Crippen MR) is 215 cm³/mol. The number of methoxy groups -OCH3 is 4. The first-order valence-electron chi connectivity index (χ1n) is 18.7. The zero-order valence-electron chi connectivity index (χ0n) is 31.9. The van der Waals surface area contributed by atoms with Gasteiger partial charge in [-0.2, -0.15) is 4.31 Å². The number of rotatable bonds is 17. The number of nitrogens with zero attached hydrogens (tertiary/aromatic N) is 1. The molecule has 1 N–H and O–H groups in total. The number of fused-ring (bicyclic) bond motifs is 1. The molecule has 1 unspecified atom stereocenters. The van der Waals surface area contributed by atoms with E-state index in [2.05, 4.69) is 29.6 Å². The fourth-order valence-electron chi connectivity index (χ4n) is 7.54. The van der Waals surface area contributed by atoms with Gasteiger partial charge in [0.25, 0.3) is 0 Å². The Balaban J connectivity index is 1.41. The van der Waals surface area contributed by atoms with Crippen LogP contribution < -0.4 is 24.3 Å². The van der Waals surface area contributed by atoms with Crippen LogP contribution in [-0.4, -0.2) is 59.2 Å². The molecule has 1 amide bonds. The van der Waals surface area contributed by atoms with Gasteiger partial charge in [0.15, 0.2) is 23.0 Å². The lowest BCUT2D eigenvalue weighted by molar-refractivity contribution is -0.126. The number of aryl methyl sites for hydroxylation is 2. The van der Waals surface area contributed by atoms with Gasteiger partial charge in [-0.25, -0.2) is 8.42 Å². The molecule has 10 heteroatoms. The van der Waals surface area contributed by atoms with Gasteiger partial charge in [0.05, 0.1) is 39.4 Å². The molecule has 0 aliphatic carbocycles. The van der Waals surface area contributed by atoms with E-state index in [-0.39, 0.29) is 29.0 Å². The van der Waals surface area contributed by atoms with Crippen LogP contribution in [0.5, 0.6) is 23.0 Å². The molecule has 0 aromatic heterocycles. The molecule has 0 radical (unpaired) electrons. The van der Waals surface area contributed by atoms with E-state index >= 15 is 8.42 Å². The second-order valence-electron chi connectivity index (χ2n) is 13.8. The van der Waals surface area contributed by atoms with Gasteiger partial charge in [-0.3, -0.25) is 4.79 Å². The highest BCUT2D eigenvalue weighted by Crippen LogP contribution is 2.46. The third-order valence-corrected chi connectivity index (χ3v) is 12.2. The zero-order chi connectivity index (χ0) is 38.8. The summed E-state index contributed by atoms with van der Waals surface area (Å²) in [6, 6.07) is 36.1. The van der Waals surface area contributed by atoms with Gasteiger partial charge >= 0.3 is 0 Å². The Morgan fingerprint density at radius 3 is 1.73 bits per heavy atom. The molecule has 0 bridgehead atoms. The molecular formula is C45H50N2O7S. The van der Waals surface area contributed by atoms with E-state index in [4.69, 9.17) is 18.9 Å². The maximum atomic E-state index is 15.2. The molecule has 0 saturated heterocycles. The van der Waals surface area contributed by atoms with Crippen LogP contribution in [0.2, 0.25) is 0 Å². The van der Waals surface area contributed by atoms with Crippen LogP contribution in [0, 0.1) is 0 Å². The van der Waals surface area contributed by atoms with Crippen molar-refractivity contribution in [2.75, 3.05) is 28.4 Å². The lowest BCUT2D eigenvalue weighted by atomic mass is 9.85. The van der Waals surface area contributed by atoms with Crippen LogP contribution >= 0.6 is 0 Å². The molecule has 1 heterocycles. The van der Waals surface area contributed by atoms with Gasteiger partial charge in [0.2, 0.25) is 15.9 Å². The van der Waals surface area contributed by atoms with Crippen LogP contribution in [0.1, 0.15) is 59.5 Å². The highest BCUT2D eigenvalue weighted by atomic mass is 32.2. The van der Waals surface area contributed by atoms with E-state index < -0.39 is 22.1 Å². The molecule has 5 aromatic carbocycles. The SMILES string of the molecule is COc1ccc(S(=O)(=O)N2C(c3ccccc3)c3cc(OC)c(OC)cc3C[C@H]2C(=O)NC(CCCc2ccccc2)CCCc2ccccc2)cc1OC. The van der Waals surface area contributed by atoms with Gasteiger partial charge in [-0.1, -0.05) is 91.0 Å². The van der Waals surface area contributed by atoms with Crippen molar-refractivity contribution in [2.45, 2.75) is 68.0 Å². The average Bonchev–Trinajstić information content (AvgIpc) is 3.23. The molecule has 1 aliphatic rings. The number of ether oxygens (including phenoxy) is 4.